The lowest BCUT2D eigenvalue weighted by molar-refractivity contribution is -0.231. The van der Waals surface area contributed by atoms with E-state index in [0.717, 1.165) is 44.8 Å². The number of aromatic amines is 1. The molecular weight excluding hydrogens is 527 g/mol. The first kappa shape index (κ1) is 27.7. The van der Waals surface area contributed by atoms with Gasteiger partial charge in [-0.2, -0.15) is 0 Å². The SMILES string of the molecule is CC1(C(=O)NCC2CC2)COC(c2nc(-c3ccc(F)cc3)c(-c3ccnc(NCCCN4CCNC4)n3)[nH]2)OC1. The van der Waals surface area contributed by atoms with Gasteiger partial charge in [-0.25, -0.2) is 19.3 Å². The van der Waals surface area contributed by atoms with E-state index in [4.69, 9.17) is 19.4 Å². The molecule has 1 aromatic carbocycles. The molecule has 11 nitrogen and oxygen atoms in total. The molecule has 3 aliphatic rings. The highest BCUT2D eigenvalue weighted by atomic mass is 19.1. The zero-order valence-corrected chi connectivity index (χ0v) is 23.3. The number of nitrogens with zero attached hydrogens (tertiary/aromatic N) is 4. The van der Waals surface area contributed by atoms with Crippen LogP contribution in [0, 0.1) is 17.2 Å². The summed E-state index contributed by atoms with van der Waals surface area (Å²) in [5.74, 6) is 1.17. The molecule has 1 amide bonds. The van der Waals surface area contributed by atoms with Gasteiger partial charge >= 0.3 is 0 Å². The van der Waals surface area contributed by atoms with Crippen molar-refractivity contribution in [2.45, 2.75) is 32.5 Å². The third-order valence-corrected chi connectivity index (χ3v) is 7.75. The Kier molecular flexibility index (Phi) is 8.24. The van der Waals surface area contributed by atoms with Crippen molar-refractivity contribution in [1.82, 2.24) is 35.5 Å². The van der Waals surface area contributed by atoms with Gasteiger partial charge in [0.05, 0.1) is 35.7 Å². The van der Waals surface area contributed by atoms with Crippen molar-refractivity contribution < 1.29 is 18.7 Å². The van der Waals surface area contributed by atoms with E-state index in [1.54, 1.807) is 24.4 Å². The highest BCUT2D eigenvalue weighted by molar-refractivity contribution is 5.82. The van der Waals surface area contributed by atoms with E-state index < -0.39 is 11.7 Å². The summed E-state index contributed by atoms with van der Waals surface area (Å²) in [4.78, 5) is 32.4. The molecule has 4 N–H and O–H groups in total. The standard InChI is InChI=1S/C29H37FN8O3/c1-29(27(39)34-15-19-3-4-19)16-40-26(41-17-29)25-36-23(20-5-7-21(30)8-6-20)24(37-25)22-9-11-33-28(35-22)32-10-2-13-38-14-12-31-18-38/h5-9,11,19,26,31H,2-4,10,12-18H2,1H3,(H,34,39)(H,36,37)(H,32,33,35). The number of halogens is 1. The number of rotatable bonds is 11. The number of imidazole rings is 1. The molecule has 4 heterocycles. The second-order valence-corrected chi connectivity index (χ2v) is 11.3. The molecule has 218 valence electrons. The Labute approximate surface area is 238 Å². The summed E-state index contributed by atoms with van der Waals surface area (Å²) >= 11 is 0. The Morgan fingerprint density at radius 3 is 2.71 bits per heavy atom. The first-order valence-corrected chi connectivity index (χ1v) is 14.3. The quantitative estimate of drug-likeness (QED) is 0.260. The highest BCUT2D eigenvalue weighted by Gasteiger charge is 2.41. The van der Waals surface area contributed by atoms with Crippen molar-refractivity contribution in [1.29, 1.82) is 0 Å². The average molecular weight is 565 g/mol. The van der Waals surface area contributed by atoms with Crippen LogP contribution in [-0.4, -0.2) is 83.3 Å². The maximum Gasteiger partial charge on any atom is 0.230 e. The molecule has 3 fully saturated rings. The molecule has 1 saturated carbocycles. The van der Waals surface area contributed by atoms with Gasteiger partial charge in [0.25, 0.3) is 0 Å². The van der Waals surface area contributed by atoms with Gasteiger partial charge in [-0.05, 0) is 62.4 Å². The van der Waals surface area contributed by atoms with Crippen LogP contribution in [0.25, 0.3) is 22.6 Å². The van der Waals surface area contributed by atoms with Gasteiger partial charge in [-0.1, -0.05) is 0 Å². The van der Waals surface area contributed by atoms with Crippen molar-refractivity contribution in [2.75, 3.05) is 57.9 Å². The zero-order valence-electron chi connectivity index (χ0n) is 23.3. The van der Waals surface area contributed by atoms with Crippen LogP contribution in [0.3, 0.4) is 0 Å². The van der Waals surface area contributed by atoms with Gasteiger partial charge < -0.3 is 30.4 Å². The number of carbonyl (C=O) groups excluding carboxylic acids is 1. The average Bonchev–Trinajstić information content (AvgIpc) is 3.47. The molecule has 2 aliphatic heterocycles. The molecular formula is C29H37FN8O3. The van der Waals surface area contributed by atoms with Crippen LogP contribution in [0.5, 0.6) is 0 Å². The Balaban J connectivity index is 1.17. The van der Waals surface area contributed by atoms with E-state index >= 15 is 0 Å². The van der Waals surface area contributed by atoms with E-state index in [9.17, 15) is 9.18 Å². The van der Waals surface area contributed by atoms with Crippen molar-refractivity contribution in [3.8, 4) is 22.6 Å². The van der Waals surface area contributed by atoms with Gasteiger partial charge in [0.1, 0.15) is 5.82 Å². The van der Waals surface area contributed by atoms with E-state index in [0.29, 0.717) is 41.3 Å². The van der Waals surface area contributed by atoms with Crippen LogP contribution in [0.2, 0.25) is 0 Å². The summed E-state index contributed by atoms with van der Waals surface area (Å²) in [5, 5.41) is 9.68. The summed E-state index contributed by atoms with van der Waals surface area (Å²) in [6.07, 6.45) is 4.22. The van der Waals surface area contributed by atoms with Gasteiger partial charge in [0.15, 0.2) is 5.82 Å². The van der Waals surface area contributed by atoms with Crippen molar-refractivity contribution in [2.24, 2.45) is 11.3 Å². The number of amides is 1. The van der Waals surface area contributed by atoms with Crippen LogP contribution >= 0.6 is 0 Å². The fourth-order valence-corrected chi connectivity index (χ4v) is 5.01. The van der Waals surface area contributed by atoms with Gasteiger partial charge in [0.2, 0.25) is 18.1 Å². The second kappa shape index (κ2) is 12.2. The Morgan fingerprint density at radius 2 is 1.98 bits per heavy atom. The summed E-state index contributed by atoms with van der Waals surface area (Å²) in [6, 6.07) is 7.95. The number of H-pyrrole nitrogens is 1. The molecule has 41 heavy (non-hydrogen) atoms. The number of carbonyl (C=O) groups is 1. The Morgan fingerprint density at radius 1 is 1.17 bits per heavy atom. The topological polar surface area (TPSA) is 129 Å². The third kappa shape index (κ3) is 6.72. The molecule has 2 aromatic heterocycles. The number of nitrogens with one attached hydrogen (secondary N) is 4. The van der Waals surface area contributed by atoms with Crippen molar-refractivity contribution >= 4 is 11.9 Å². The fourth-order valence-electron chi connectivity index (χ4n) is 5.01. The smallest absolute Gasteiger partial charge is 0.230 e. The maximum atomic E-state index is 13.7. The number of anilines is 1. The van der Waals surface area contributed by atoms with Crippen LogP contribution in [0.15, 0.2) is 36.5 Å². The minimum atomic E-state index is -0.785. The summed E-state index contributed by atoms with van der Waals surface area (Å²) in [5.41, 5.74) is 1.80. The first-order chi connectivity index (χ1) is 20.0. The van der Waals surface area contributed by atoms with E-state index in [1.165, 1.54) is 25.0 Å². The van der Waals surface area contributed by atoms with E-state index in [2.05, 4.69) is 30.8 Å². The molecule has 0 bridgehead atoms. The largest absolute Gasteiger partial charge is 0.355 e. The number of ether oxygens (including phenoxy) is 2. The first-order valence-electron chi connectivity index (χ1n) is 14.3. The van der Waals surface area contributed by atoms with Gasteiger partial charge in [0, 0.05) is 51.2 Å². The molecule has 0 atom stereocenters. The summed E-state index contributed by atoms with van der Waals surface area (Å²) < 4.78 is 25.8. The Bertz CT molecular complexity index is 1330. The zero-order chi connectivity index (χ0) is 28.2. The third-order valence-electron chi connectivity index (χ3n) is 7.75. The van der Waals surface area contributed by atoms with Crippen molar-refractivity contribution in [3.63, 3.8) is 0 Å². The Hall–Kier alpha value is -3.45. The lowest BCUT2D eigenvalue weighted by atomic mass is 9.91. The summed E-state index contributed by atoms with van der Waals surface area (Å²) in [6.45, 7) is 7.73. The number of aromatic nitrogens is 4. The predicted octanol–water partition coefficient (Wildman–Crippen LogP) is 2.92. The fraction of sp³-hybridized carbons (Fsp3) is 0.517. The van der Waals surface area contributed by atoms with Crippen LogP contribution < -0.4 is 16.0 Å². The molecule has 0 spiro atoms. The minimum Gasteiger partial charge on any atom is -0.355 e. The number of hydrogen-bond donors (Lipinski definition) is 4. The normalized spacial score (nSPS) is 23.0. The molecule has 1 aliphatic carbocycles. The molecule has 0 radical (unpaired) electrons. The van der Waals surface area contributed by atoms with Gasteiger partial charge in [-0.15, -0.1) is 0 Å². The number of hydrogen-bond acceptors (Lipinski definition) is 9. The van der Waals surface area contributed by atoms with Crippen LogP contribution in [-0.2, 0) is 14.3 Å². The maximum absolute atomic E-state index is 13.7. The second-order valence-electron chi connectivity index (χ2n) is 11.3. The summed E-state index contributed by atoms with van der Waals surface area (Å²) in [7, 11) is 0. The van der Waals surface area contributed by atoms with E-state index in [1.807, 2.05) is 6.92 Å². The van der Waals surface area contributed by atoms with Gasteiger partial charge in [-0.3, -0.25) is 9.69 Å². The number of benzene rings is 1. The lowest BCUT2D eigenvalue weighted by Gasteiger charge is -2.35. The van der Waals surface area contributed by atoms with Crippen molar-refractivity contribution in [3.05, 3.63) is 48.2 Å². The monoisotopic (exact) mass is 564 g/mol. The molecule has 6 rings (SSSR count). The molecule has 3 aromatic rings. The minimum absolute atomic E-state index is 0.0619. The lowest BCUT2D eigenvalue weighted by Crippen LogP contribution is -2.49. The molecule has 0 unspecified atom stereocenters. The molecule has 12 heteroatoms. The van der Waals surface area contributed by atoms with Crippen LogP contribution in [0.4, 0.5) is 10.3 Å². The van der Waals surface area contributed by atoms with Crippen LogP contribution in [0.1, 0.15) is 38.3 Å². The van der Waals surface area contributed by atoms with E-state index in [-0.39, 0.29) is 24.9 Å². The molecule has 2 saturated heterocycles. The predicted molar refractivity (Wildman–Crippen MR) is 151 cm³/mol. The highest BCUT2D eigenvalue weighted by Crippen LogP contribution is 2.36.